The van der Waals surface area contributed by atoms with Gasteiger partial charge in [-0.2, -0.15) is 0 Å². The zero-order valence-electron chi connectivity index (χ0n) is 26.0. The summed E-state index contributed by atoms with van der Waals surface area (Å²) >= 11 is 0. The molecule has 1 spiro atoms. The van der Waals surface area contributed by atoms with Crippen molar-refractivity contribution < 1.29 is 4.74 Å². The summed E-state index contributed by atoms with van der Waals surface area (Å²) in [5.41, 5.74) is 3.62. The van der Waals surface area contributed by atoms with Crippen LogP contribution >= 0.6 is 0 Å². The fraction of sp³-hybridized carbons (Fsp3) is 0.600. The number of ether oxygens (including phenoxy) is 1. The zero-order chi connectivity index (χ0) is 27.9. The average molecular weight is 584 g/mol. The molecular formula is C30H53NOSi5. The maximum absolute atomic E-state index is 5.62. The molecule has 2 heterocycles. The zero-order valence-corrected chi connectivity index (χ0v) is 31.0. The first kappa shape index (κ1) is 29.1. The highest BCUT2D eigenvalue weighted by Crippen LogP contribution is 2.86. The van der Waals surface area contributed by atoms with Gasteiger partial charge in [0.1, 0.15) is 5.75 Å². The summed E-state index contributed by atoms with van der Waals surface area (Å²) < 4.78 is 9.87. The predicted octanol–water partition coefficient (Wildman–Crippen LogP) is 9.53. The largest absolute Gasteiger partial charge is 0.497 e. The van der Waals surface area contributed by atoms with Crippen molar-refractivity contribution in [3.63, 3.8) is 0 Å². The van der Waals surface area contributed by atoms with Gasteiger partial charge in [0, 0.05) is 38.0 Å². The molecule has 0 amide bonds. The van der Waals surface area contributed by atoms with Gasteiger partial charge in [-0.3, -0.25) is 0 Å². The topological polar surface area (TPSA) is 12.2 Å². The van der Waals surface area contributed by atoms with E-state index in [4.69, 9.17) is 4.74 Å². The minimum absolute atomic E-state index is 0.550. The Morgan fingerprint density at radius 3 is 1.41 bits per heavy atom. The highest BCUT2D eigenvalue weighted by atomic mass is 28.5. The van der Waals surface area contributed by atoms with Crippen LogP contribution in [0.3, 0.4) is 0 Å². The first-order valence-corrected chi connectivity index (χ1v) is 30.4. The lowest BCUT2D eigenvalue weighted by Crippen LogP contribution is -2.72. The monoisotopic (exact) mass is 583 g/mol. The molecule has 2 aliphatic heterocycles. The van der Waals surface area contributed by atoms with Crippen molar-refractivity contribution in [1.82, 2.24) is 0 Å². The van der Waals surface area contributed by atoms with Crippen molar-refractivity contribution in [2.75, 3.05) is 11.7 Å². The number of para-hydroxylation sites is 1. The van der Waals surface area contributed by atoms with Crippen molar-refractivity contribution in [2.45, 2.75) is 106 Å². The molecule has 37 heavy (non-hydrogen) atoms. The molecule has 2 aromatic carbocycles. The van der Waals surface area contributed by atoms with Gasteiger partial charge >= 0.3 is 0 Å². The maximum Gasteiger partial charge on any atom is 0.184 e. The van der Waals surface area contributed by atoms with Gasteiger partial charge in [0.15, 0.2) is 8.24 Å². The molecule has 1 atom stereocenters. The predicted molar refractivity (Wildman–Crippen MR) is 178 cm³/mol. The number of hydrogen-bond acceptors (Lipinski definition) is 2. The second kappa shape index (κ2) is 8.81. The third-order valence-electron chi connectivity index (χ3n) is 10.7. The van der Waals surface area contributed by atoms with E-state index in [9.17, 15) is 0 Å². The number of hydrogen-bond donors (Lipinski definition) is 0. The molecule has 7 heteroatoms. The minimum Gasteiger partial charge on any atom is -0.497 e. The number of rotatable bonds is 7. The van der Waals surface area contributed by atoms with Crippen molar-refractivity contribution in [3.8, 4) is 5.75 Å². The van der Waals surface area contributed by atoms with Crippen LogP contribution in [0.25, 0.3) is 0 Å². The van der Waals surface area contributed by atoms with Crippen LogP contribution in [-0.4, -0.2) is 47.6 Å². The Morgan fingerprint density at radius 2 is 1.05 bits per heavy atom. The summed E-state index contributed by atoms with van der Waals surface area (Å²) in [6.07, 6.45) is 2.96. The third kappa shape index (κ3) is 3.70. The SMILES string of the molecule is COc1ccc([C@H]2N(c3ccccc3)[Si]23C([Si](C)(C)C)([Si](C)(C)C)CCC3([Si](C)(C)C)[Si](C)(C)C)cc1. The molecule has 0 aliphatic carbocycles. The van der Waals surface area contributed by atoms with Gasteiger partial charge in [0.25, 0.3) is 0 Å². The maximum atomic E-state index is 5.62. The second-order valence-corrected chi connectivity index (χ2v) is 44.6. The van der Waals surface area contributed by atoms with Gasteiger partial charge in [-0.1, -0.05) is 122 Å². The summed E-state index contributed by atoms with van der Waals surface area (Å²) in [4.78, 5) is 0. The van der Waals surface area contributed by atoms with Crippen LogP contribution in [0.4, 0.5) is 5.69 Å². The first-order chi connectivity index (χ1) is 16.8. The van der Waals surface area contributed by atoms with Crippen molar-refractivity contribution in [3.05, 3.63) is 60.2 Å². The molecule has 2 nitrogen and oxygen atoms in total. The Bertz CT molecular complexity index is 1050. The third-order valence-corrected chi connectivity index (χ3v) is 50.0. The number of benzene rings is 2. The van der Waals surface area contributed by atoms with Crippen molar-refractivity contribution >= 4 is 46.2 Å². The summed E-state index contributed by atoms with van der Waals surface area (Å²) in [7, 11) is -6.71. The lowest BCUT2D eigenvalue weighted by molar-refractivity contribution is 0.414. The van der Waals surface area contributed by atoms with Crippen LogP contribution in [0, 0.1) is 0 Å². The molecular weight excluding hydrogens is 531 g/mol. The molecule has 0 bridgehead atoms. The van der Waals surface area contributed by atoms with E-state index in [1.807, 2.05) is 0 Å². The van der Waals surface area contributed by atoms with Crippen LogP contribution in [0.1, 0.15) is 24.1 Å². The highest BCUT2D eigenvalue weighted by molar-refractivity contribution is 7.32. The van der Waals surface area contributed by atoms with E-state index in [-0.39, 0.29) is 0 Å². The normalized spacial score (nSPS) is 22.8. The molecule has 2 aromatic rings. The molecule has 0 radical (unpaired) electrons. The number of nitrogens with zero attached hydrogens (tertiary/aromatic N) is 1. The smallest absolute Gasteiger partial charge is 0.184 e. The molecule has 2 saturated heterocycles. The van der Waals surface area contributed by atoms with E-state index >= 15 is 0 Å². The van der Waals surface area contributed by atoms with Crippen molar-refractivity contribution in [2.24, 2.45) is 0 Å². The fourth-order valence-corrected chi connectivity index (χ4v) is 63.4. The molecule has 0 N–H and O–H groups in total. The molecule has 0 unspecified atom stereocenters. The van der Waals surface area contributed by atoms with Gasteiger partial charge in [-0.15, -0.1) is 0 Å². The van der Waals surface area contributed by atoms with Gasteiger partial charge in [0.2, 0.25) is 0 Å². The second-order valence-electron chi connectivity index (χ2n) is 16.0. The number of methoxy groups -OCH3 is 1. The number of anilines is 1. The summed E-state index contributed by atoms with van der Waals surface area (Å²) in [6, 6.07) is 21.0. The highest BCUT2D eigenvalue weighted by Gasteiger charge is 2.92. The van der Waals surface area contributed by atoms with Crippen LogP contribution in [0.2, 0.25) is 87.1 Å². The molecule has 2 aliphatic rings. The van der Waals surface area contributed by atoms with E-state index in [2.05, 4.69) is 138 Å². The molecule has 0 saturated carbocycles. The Labute approximate surface area is 233 Å². The molecule has 4 rings (SSSR count). The molecule has 0 aromatic heterocycles. The van der Waals surface area contributed by atoms with E-state index < -0.39 is 40.5 Å². The Balaban J connectivity index is 2.20. The van der Waals surface area contributed by atoms with Crippen LogP contribution in [0.15, 0.2) is 54.6 Å². The van der Waals surface area contributed by atoms with E-state index in [1.165, 1.54) is 18.5 Å². The lowest BCUT2D eigenvalue weighted by atomic mass is 10.2. The summed E-state index contributed by atoms with van der Waals surface area (Å²) in [6.45, 7) is 33.1. The van der Waals surface area contributed by atoms with Crippen LogP contribution in [-0.2, 0) is 0 Å². The lowest BCUT2D eigenvalue weighted by Gasteiger charge is -2.61. The van der Waals surface area contributed by atoms with Gasteiger partial charge in [-0.05, 0) is 38.4 Å². The Hall–Kier alpha value is -0.876. The van der Waals surface area contributed by atoms with E-state index in [0.717, 1.165) is 5.75 Å². The summed E-state index contributed by atoms with van der Waals surface area (Å²) in [5, 5.41) is 0. The van der Waals surface area contributed by atoms with Gasteiger partial charge in [0.05, 0.1) is 12.8 Å². The quantitative estimate of drug-likeness (QED) is 0.238. The minimum atomic E-state index is -2.12. The van der Waals surface area contributed by atoms with E-state index in [1.54, 1.807) is 12.7 Å². The van der Waals surface area contributed by atoms with Gasteiger partial charge < -0.3 is 9.30 Å². The Kier molecular flexibility index (Phi) is 6.94. The fourth-order valence-electron chi connectivity index (χ4n) is 10.4. The average Bonchev–Trinajstić information content (AvgIpc) is 3.29. The molecule has 204 valence electrons. The van der Waals surface area contributed by atoms with Crippen LogP contribution < -0.4 is 9.30 Å². The van der Waals surface area contributed by atoms with E-state index in [0.29, 0.717) is 14.2 Å². The Morgan fingerprint density at radius 1 is 0.649 bits per heavy atom. The standard InChI is InChI=1S/C30H53NOSi5/c1-32-27-21-19-25(20-22-27)28-31(26-17-15-14-16-18-26)37(28)29(33(2,3)4,34(5,6)7)23-24-30(37,35(8,9)10)36(11,12)13/h14-22,28H,23-24H2,1-13H3/t28-,31?/m0/s1. The first-order valence-electron chi connectivity index (χ1n) is 14.3. The van der Waals surface area contributed by atoms with Gasteiger partial charge in [-0.25, -0.2) is 0 Å². The molecule has 2 fully saturated rings. The van der Waals surface area contributed by atoms with Crippen LogP contribution in [0.5, 0.6) is 5.75 Å². The summed E-state index contributed by atoms with van der Waals surface area (Å²) in [5.74, 6) is 0.973. The van der Waals surface area contributed by atoms with Crippen molar-refractivity contribution in [1.29, 1.82) is 0 Å².